The van der Waals surface area contributed by atoms with Gasteiger partial charge in [-0.15, -0.1) is 0 Å². The maximum atomic E-state index is 10.2. The number of carboxylic acid groups (broad SMARTS) is 1. The molecule has 0 aromatic carbocycles. The van der Waals surface area contributed by atoms with E-state index >= 15 is 0 Å². The lowest BCUT2D eigenvalue weighted by molar-refractivity contribution is -0.131. The minimum Gasteiger partial charge on any atom is -0.478 e. The quantitative estimate of drug-likeness (QED) is 0.597. The molecule has 1 heterocycles. The topological polar surface area (TPSA) is 40.5 Å². The van der Waals surface area contributed by atoms with Crippen LogP contribution in [0.25, 0.3) is 0 Å². The Labute approximate surface area is 66.3 Å². The Bertz CT molecular complexity index is 177. The Morgan fingerprint density at radius 2 is 2.45 bits per heavy atom. The largest absolute Gasteiger partial charge is 0.478 e. The predicted molar refractivity (Wildman–Crippen MR) is 42.4 cm³/mol. The highest BCUT2D eigenvalue weighted by Crippen LogP contribution is 2.15. The number of hydrogen-bond acceptors (Lipinski definition) is 2. The van der Waals surface area contributed by atoms with Gasteiger partial charge in [-0.25, -0.2) is 4.79 Å². The van der Waals surface area contributed by atoms with Crippen LogP contribution in [0.1, 0.15) is 12.8 Å². The van der Waals surface area contributed by atoms with Crippen molar-refractivity contribution in [3.8, 4) is 0 Å². The fourth-order valence-corrected chi connectivity index (χ4v) is 1.37. The van der Waals surface area contributed by atoms with Gasteiger partial charge in [0.25, 0.3) is 0 Å². The Morgan fingerprint density at radius 1 is 1.73 bits per heavy atom. The maximum absolute atomic E-state index is 10.2. The summed E-state index contributed by atoms with van der Waals surface area (Å²) in [6, 6.07) is 0.339. The monoisotopic (exact) mass is 155 g/mol. The fourth-order valence-electron chi connectivity index (χ4n) is 1.37. The number of rotatable bonds is 2. The summed E-state index contributed by atoms with van der Waals surface area (Å²) in [4.78, 5) is 12.3. The number of hydrogen-bond donors (Lipinski definition) is 1. The maximum Gasteiger partial charge on any atom is 0.328 e. The summed E-state index contributed by atoms with van der Waals surface area (Å²) in [6.07, 6.45) is 5.24. The summed E-state index contributed by atoms with van der Waals surface area (Å²) in [5.74, 6) is -0.856. The summed E-state index contributed by atoms with van der Waals surface area (Å²) in [6.45, 7) is 1.08. The molecular weight excluding hydrogens is 142 g/mol. The van der Waals surface area contributed by atoms with E-state index in [0.29, 0.717) is 6.04 Å². The van der Waals surface area contributed by atoms with Crippen molar-refractivity contribution in [3.05, 3.63) is 12.2 Å². The molecule has 0 aromatic heterocycles. The molecular formula is C8H13NO2. The van der Waals surface area contributed by atoms with E-state index in [2.05, 4.69) is 4.90 Å². The Morgan fingerprint density at radius 3 is 2.91 bits per heavy atom. The highest BCUT2D eigenvalue weighted by molar-refractivity contribution is 5.79. The lowest BCUT2D eigenvalue weighted by Gasteiger charge is -2.14. The molecule has 1 atom stereocenters. The van der Waals surface area contributed by atoms with Gasteiger partial charge in [0.1, 0.15) is 0 Å². The van der Waals surface area contributed by atoms with E-state index < -0.39 is 5.97 Å². The van der Waals surface area contributed by atoms with Crippen molar-refractivity contribution in [1.82, 2.24) is 4.90 Å². The van der Waals surface area contributed by atoms with Crippen LogP contribution in [0.5, 0.6) is 0 Å². The molecule has 11 heavy (non-hydrogen) atoms. The number of aliphatic carboxylic acids is 1. The number of carbonyl (C=O) groups is 1. The first-order valence-electron chi connectivity index (χ1n) is 3.81. The lowest BCUT2D eigenvalue weighted by Crippen LogP contribution is -2.22. The van der Waals surface area contributed by atoms with Crippen LogP contribution in [0, 0.1) is 0 Å². The van der Waals surface area contributed by atoms with Crippen LogP contribution >= 0.6 is 0 Å². The van der Waals surface area contributed by atoms with E-state index in [-0.39, 0.29) is 0 Å². The van der Waals surface area contributed by atoms with Gasteiger partial charge in [-0.1, -0.05) is 6.08 Å². The molecule has 0 aliphatic carbocycles. The second-order valence-electron chi connectivity index (χ2n) is 2.89. The zero-order valence-electron chi connectivity index (χ0n) is 6.66. The van der Waals surface area contributed by atoms with Crippen LogP contribution in [-0.4, -0.2) is 35.6 Å². The number of likely N-dealkylation sites (tertiary alicyclic amines) is 1. The molecule has 1 rings (SSSR count). The van der Waals surface area contributed by atoms with Gasteiger partial charge in [0.2, 0.25) is 0 Å². The average Bonchev–Trinajstić information content (AvgIpc) is 2.31. The fraction of sp³-hybridized carbons (Fsp3) is 0.625. The van der Waals surface area contributed by atoms with Gasteiger partial charge in [-0.3, -0.25) is 4.90 Å². The van der Waals surface area contributed by atoms with Crippen LogP contribution in [-0.2, 0) is 4.79 Å². The van der Waals surface area contributed by atoms with Gasteiger partial charge in [-0.2, -0.15) is 0 Å². The average molecular weight is 155 g/mol. The molecule has 0 aromatic rings. The zero-order valence-corrected chi connectivity index (χ0v) is 6.66. The third-order valence-electron chi connectivity index (χ3n) is 2.04. The summed E-state index contributed by atoms with van der Waals surface area (Å²) in [5, 5.41) is 8.35. The molecule has 1 N–H and O–H groups in total. The molecule has 62 valence electrons. The summed E-state index contributed by atoms with van der Waals surface area (Å²) in [7, 11) is 2.02. The van der Waals surface area contributed by atoms with E-state index in [0.717, 1.165) is 13.0 Å². The first-order chi connectivity index (χ1) is 5.20. The first kappa shape index (κ1) is 8.27. The van der Waals surface area contributed by atoms with Gasteiger partial charge in [-0.05, 0) is 26.4 Å². The van der Waals surface area contributed by atoms with Crippen LogP contribution in [0.15, 0.2) is 12.2 Å². The van der Waals surface area contributed by atoms with Crippen LogP contribution in [0.4, 0.5) is 0 Å². The Balaban J connectivity index is 2.42. The zero-order chi connectivity index (χ0) is 8.27. The van der Waals surface area contributed by atoms with E-state index in [4.69, 9.17) is 5.11 Å². The van der Waals surface area contributed by atoms with Crippen molar-refractivity contribution < 1.29 is 9.90 Å². The third kappa shape index (κ3) is 2.35. The van der Waals surface area contributed by atoms with E-state index in [1.807, 2.05) is 7.05 Å². The highest BCUT2D eigenvalue weighted by atomic mass is 16.4. The number of nitrogens with zero attached hydrogens (tertiary/aromatic N) is 1. The van der Waals surface area contributed by atoms with E-state index in [1.165, 1.54) is 12.5 Å². The molecule has 1 fully saturated rings. The van der Waals surface area contributed by atoms with Gasteiger partial charge < -0.3 is 5.11 Å². The van der Waals surface area contributed by atoms with Gasteiger partial charge >= 0.3 is 5.97 Å². The van der Waals surface area contributed by atoms with Gasteiger partial charge in [0.05, 0.1) is 0 Å². The van der Waals surface area contributed by atoms with Gasteiger partial charge in [0.15, 0.2) is 0 Å². The third-order valence-corrected chi connectivity index (χ3v) is 2.04. The normalized spacial score (nSPS) is 26.5. The van der Waals surface area contributed by atoms with Crippen molar-refractivity contribution in [2.24, 2.45) is 0 Å². The molecule has 1 aliphatic rings. The van der Waals surface area contributed by atoms with E-state index in [9.17, 15) is 4.79 Å². The molecule has 0 spiro atoms. The second kappa shape index (κ2) is 3.53. The SMILES string of the molecule is CN1CCCC1/C=C/C(=O)O. The Hall–Kier alpha value is -0.830. The predicted octanol–water partition coefficient (Wildman–Crippen LogP) is 0.721. The van der Waals surface area contributed by atoms with Crippen LogP contribution < -0.4 is 0 Å². The second-order valence-corrected chi connectivity index (χ2v) is 2.89. The van der Waals surface area contributed by atoms with Crippen LogP contribution in [0.2, 0.25) is 0 Å². The molecule has 0 radical (unpaired) electrons. The molecule has 0 amide bonds. The van der Waals surface area contributed by atoms with Crippen molar-refractivity contribution in [1.29, 1.82) is 0 Å². The summed E-state index contributed by atoms with van der Waals surface area (Å²) >= 11 is 0. The Kier molecular flexibility index (Phi) is 2.65. The van der Waals surface area contributed by atoms with E-state index in [1.54, 1.807) is 6.08 Å². The molecule has 1 aliphatic heterocycles. The van der Waals surface area contributed by atoms with Crippen LogP contribution in [0.3, 0.4) is 0 Å². The first-order valence-corrected chi connectivity index (χ1v) is 3.81. The standard InChI is InChI=1S/C8H13NO2/c1-9-6-2-3-7(9)4-5-8(10)11/h4-5,7H,2-3,6H2,1H3,(H,10,11)/b5-4+. The van der Waals surface area contributed by atoms with Gasteiger partial charge in [0, 0.05) is 12.1 Å². The highest BCUT2D eigenvalue weighted by Gasteiger charge is 2.17. The van der Waals surface area contributed by atoms with Crippen molar-refractivity contribution in [2.75, 3.05) is 13.6 Å². The van der Waals surface area contributed by atoms with Crippen molar-refractivity contribution >= 4 is 5.97 Å². The smallest absolute Gasteiger partial charge is 0.328 e. The number of carboxylic acids is 1. The molecule has 0 bridgehead atoms. The molecule has 1 saturated heterocycles. The van der Waals surface area contributed by atoms with Crippen molar-refractivity contribution in [2.45, 2.75) is 18.9 Å². The molecule has 0 saturated carbocycles. The minimum atomic E-state index is -0.856. The number of likely N-dealkylation sites (N-methyl/N-ethyl adjacent to an activating group) is 1. The summed E-state index contributed by atoms with van der Waals surface area (Å²) in [5.41, 5.74) is 0. The minimum absolute atomic E-state index is 0.339. The lowest BCUT2D eigenvalue weighted by atomic mass is 10.2. The molecule has 3 nitrogen and oxygen atoms in total. The van der Waals surface area contributed by atoms with Crippen molar-refractivity contribution in [3.63, 3.8) is 0 Å². The summed E-state index contributed by atoms with van der Waals surface area (Å²) < 4.78 is 0. The molecule has 3 heteroatoms. The molecule has 1 unspecified atom stereocenters.